The number of hydrogen-bond donors (Lipinski definition) is 1. The van der Waals surface area contributed by atoms with Gasteiger partial charge in [0.05, 0.1) is 0 Å². The van der Waals surface area contributed by atoms with E-state index in [1.807, 2.05) is 47.0 Å². The van der Waals surface area contributed by atoms with Crippen molar-refractivity contribution in [3.8, 4) is 5.75 Å². The van der Waals surface area contributed by atoms with Gasteiger partial charge in [0.25, 0.3) is 0 Å². The van der Waals surface area contributed by atoms with E-state index in [1.54, 1.807) is 18.2 Å². The van der Waals surface area contributed by atoms with Crippen molar-refractivity contribution in [1.29, 1.82) is 0 Å². The molecule has 21 heavy (non-hydrogen) atoms. The van der Waals surface area contributed by atoms with Gasteiger partial charge in [-0.15, -0.1) is 0 Å². The molecule has 0 aromatic heterocycles. The number of aromatic hydroxyl groups is 1. The second kappa shape index (κ2) is 9.45. The Morgan fingerprint density at radius 3 is 2.43 bits per heavy atom. The summed E-state index contributed by atoms with van der Waals surface area (Å²) in [4.78, 5) is 13.0. The number of rotatable bonds is 4. The molecule has 0 fully saturated rings. The third-order valence-electron chi connectivity index (χ3n) is 2.48. The Kier molecular flexibility index (Phi) is 8.78. The van der Waals surface area contributed by atoms with Crippen LogP contribution in [0.2, 0.25) is 0 Å². The Balaban J connectivity index is 0.00000200. The molecule has 0 saturated heterocycles. The molecule has 0 saturated carbocycles. The maximum absolute atomic E-state index is 11.2. The fourth-order valence-electron chi connectivity index (χ4n) is 1.57. The van der Waals surface area contributed by atoms with Crippen molar-refractivity contribution in [1.82, 2.24) is 0 Å². The zero-order valence-electron chi connectivity index (χ0n) is 11.0. The Morgan fingerprint density at radius 2 is 1.81 bits per heavy atom. The van der Waals surface area contributed by atoms with Gasteiger partial charge in [0.1, 0.15) is 0 Å². The van der Waals surface area contributed by atoms with Gasteiger partial charge in [-0.25, -0.2) is 0 Å². The van der Waals surface area contributed by atoms with Crippen LogP contribution in [0.3, 0.4) is 0 Å². The predicted molar refractivity (Wildman–Crippen MR) is 78.1 cm³/mol. The summed E-state index contributed by atoms with van der Waals surface area (Å²) >= 11 is 3.39. The number of phenolic OH excluding ortho intramolecular Hbond substituents is 1. The molecule has 0 atom stereocenters. The van der Waals surface area contributed by atoms with Gasteiger partial charge in [-0.05, 0) is 0 Å². The zero-order chi connectivity index (χ0) is 13.7. The smallest absolute Gasteiger partial charge is 0.870 e. The maximum atomic E-state index is 11.2. The molecular formula is C14H13AlO5S. The first-order chi connectivity index (χ1) is 9.19. The first-order valence-electron chi connectivity index (χ1n) is 5.63. The number of benzene rings is 2. The molecular weight excluding hydrogens is 307 g/mol. The van der Waals surface area contributed by atoms with Gasteiger partial charge < -0.3 is 11.0 Å². The van der Waals surface area contributed by atoms with E-state index in [1.165, 1.54) is 11.8 Å². The standard InChI is InChI=1S/C14H12O3S.Al.2H2O/c15-12-7-6-10(9-14(16)17)8-13(12)18-11-4-2-1-3-5-11;;;/h1-8,15H,9H2,(H,16,17);;2*1H2/q;+3;;/p-3. The summed E-state index contributed by atoms with van der Waals surface area (Å²) in [5.41, 5.74) is 0.809. The van der Waals surface area contributed by atoms with E-state index in [0.29, 0.717) is 0 Å². The summed E-state index contributed by atoms with van der Waals surface area (Å²) in [5.74, 6) is -0.122. The molecule has 7 heteroatoms. The second-order valence-corrected chi connectivity index (χ2v) is 5.23. The van der Waals surface area contributed by atoms with Crippen molar-refractivity contribution in [2.75, 3.05) is 0 Å². The van der Waals surface area contributed by atoms with Crippen LogP contribution in [-0.2, 0) is 15.0 Å². The molecule has 0 spiro atoms. The van der Waals surface area contributed by atoms with Crippen molar-refractivity contribution < 1.29 is 24.6 Å². The molecule has 108 valence electrons. The molecule has 0 aliphatic carbocycles. The molecule has 0 radical (unpaired) electrons. The van der Waals surface area contributed by atoms with E-state index in [2.05, 4.69) is 3.79 Å². The maximum Gasteiger partial charge on any atom is -0.870 e. The number of carbonyl (C=O) groups excluding carboxylic acids is 1. The predicted octanol–water partition coefficient (Wildman–Crippen LogP) is 2.36. The SMILES string of the molecule is O=C(Cc1ccc(O)c(Sc2ccccc2)c1)[O][Al+2].[OH-].[OH-]. The molecule has 2 aromatic rings. The summed E-state index contributed by atoms with van der Waals surface area (Å²) in [5, 5.41) is 9.85. The molecule has 0 unspecified atom stereocenters. The van der Waals surface area contributed by atoms with Crippen molar-refractivity contribution in [2.24, 2.45) is 0 Å². The first-order valence-corrected chi connectivity index (χ1v) is 6.92. The van der Waals surface area contributed by atoms with E-state index < -0.39 is 0 Å². The van der Waals surface area contributed by atoms with Crippen LogP contribution in [0.5, 0.6) is 5.75 Å². The average molecular weight is 320 g/mol. The molecule has 0 bridgehead atoms. The number of hydrogen-bond acceptors (Lipinski definition) is 6. The quantitative estimate of drug-likeness (QED) is 0.867. The Labute approximate surface area is 135 Å². The number of phenols is 1. The van der Waals surface area contributed by atoms with Gasteiger partial charge in [0.2, 0.25) is 0 Å². The molecule has 0 aliphatic rings. The minimum atomic E-state index is -0.327. The van der Waals surface area contributed by atoms with Crippen molar-refractivity contribution in [3.05, 3.63) is 54.1 Å². The fourth-order valence-corrected chi connectivity index (χ4v) is 2.59. The summed E-state index contributed by atoms with van der Waals surface area (Å²) in [7, 11) is 0. The fraction of sp³-hybridized carbons (Fsp3) is 0.0714. The first kappa shape index (κ1) is 19.5. The molecule has 0 amide bonds. The normalized spacial score (nSPS) is 9.24. The van der Waals surface area contributed by atoms with Crippen LogP contribution < -0.4 is 0 Å². The minimum Gasteiger partial charge on any atom is -0.870 e. The van der Waals surface area contributed by atoms with Crippen LogP contribution in [0.25, 0.3) is 0 Å². The Morgan fingerprint density at radius 1 is 1.14 bits per heavy atom. The Hall–Kier alpha value is -1.49. The third kappa shape index (κ3) is 5.80. The van der Waals surface area contributed by atoms with Gasteiger partial charge in [0, 0.05) is 0 Å². The van der Waals surface area contributed by atoms with E-state index in [-0.39, 0.29) is 29.1 Å². The molecule has 0 heterocycles. The van der Waals surface area contributed by atoms with E-state index in [0.717, 1.165) is 15.4 Å². The molecule has 3 N–H and O–H groups in total. The summed E-state index contributed by atoms with van der Waals surface area (Å²) < 4.78 is 4.55. The van der Waals surface area contributed by atoms with Crippen LogP contribution >= 0.6 is 11.8 Å². The zero-order valence-corrected chi connectivity index (χ0v) is 12.9. The number of carbonyl (C=O) groups is 1. The van der Waals surface area contributed by atoms with E-state index >= 15 is 0 Å². The molecule has 0 aliphatic heterocycles. The van der Waals surface area contributed by atoms with Crippen LogP contribution in [0.1, 0.15) is 5.56 Å². The van der Waals surface area contributed by atoms with Crippen molar-refractivity contribution >= 4 is 34.4 Å². The van der Waals surface area contributed by atoms with Crippen LogP contribution in [0, 0.1) is 0 Å². The van der Waals surface area contributed by atoms with Crippen LogP contribution in [0.4, 0.5) is 0 Å². The summed E-state index contributed by atoms with van der Waals surface area (Å²) in [6.07, 6.45) is 0.187. The van der Waals surface area contributed by atoms with Crippen LogP contribution in [-0.4, -0.2) is 38.7 Å². The molecule has 2 aromatic carbocycles. The largest absolute Gasteiger partial charge is 0.870 e. The minimum absolute atomic E-state index is 0. The monoisotopic (exact) mass is 320 g/mol. The van der Waals surface area contributed by atoms with Gasteiger partial charge in [-0.1, -0.05) is 0 Å². The van der Waals surface area contributed by atoms with Crippen molar-refractivity contribution in [3.63, 3.8) is 0 Å². The Bertz CT molecular complexity index is 577. The van der Waals surface area contributed by atoms with Gasteiger partial charge in [0.15, 0.2) is 0 Å². The topological polar surface area (TPSA) is 107 Å². The summed E-state index contributed by atoms with van der Waals surface area (Å²) in [6, 6.07) is 14.9. The molecule has 2 rings (SSSR count). The van der Waals surface area contributed by atoms with Gasteiger partial charge in [-0.3, -0.25) is 0 Å². The third-order valence-corrected chi connectivity index (χ3v) is 3.79. The van der Waals surface area contributed by atoms with Gasteiger partial charge >= 0.3 is 124 Å². The second-order valence-electron chi connectivity index (χ2n) is 3.88. The van der Waals surface area contributed by atoms with Gasteiger partial charge in [-0.2, -0.15) is 0 Å². The van der Waals surface area contributed by atoms with Crippen molar-refractivity contribution in [2.45, 2.75) is 16.2 Å². The van der Waals surface area contributed by atoms with Crippen LogP contribution in [0.15, 0.2) is 58.3 Å². The van der Waals surface area contributed by atoms with E-state index in [4.69, 9.17) is 0 Å². The summed E-state index contributed by atoms with van der Waals surface area (Å²) in [6.45, 7) is 0. The van der Waals surface area contributed by atoms with E-state index in [9.17, 15) is 9.90 Å². The average Bonchev–Trinajstić information content (AvgIpc) is 2.43. The molecule has 5 nitrogen and oxygen atoms in total.